The lowest BCUT2D eigenvalue weighted by Gasteiger charge is -2.31. The molecular formula is C25H28N8O2. The number of imidazole rings is 1. The van der Waals surface area contributed by atoms with Gasteiger partial charge in [-0.05, 0) is 35.4 Å². The summed E-state index contributed by atoms with van der Waals surface area (Å²) in [5, 5.41) is 3.21. The van der Waals surface area contributed by atoms with E-state index in [1.807, 2.05) is 64.6 Å². The highest BCUT2D eigenvalue weighted by Gasteiger charge is 2.55. The lowest BCUT2D eigenvalue weighted by molar-refractivity contribution is 0.225. The maximum Gasteiger partial charge on any atom is 0.324 e. The number of hydrogen-bond donors (Lipinski definition) is 2. The molecule has 0 spiro atoms. The molecule has 0 bridgehead atoms. The quantitative estimate of drug-likeness (QED) is 0.574. The first-order valence-corrected chi connectivity index (χ1v) is 11.2. The minimum atomic E-state index is -1.11. The number of ether oxygens (including phenoxy) is 1. The summed E-state index contributed by atoms with van der Waals surface area (Å²) < 4.78 is 5.27. The molecular weight excluding hydrogens is 444 g/mol. The van der Waals surface area contributed by atoms with E-state index in [-0.39, 0.29) is 6.03 Å². The molecule has 0 radical (unpaired) electrons. The predicted molar refractivity (Wildman–Crippen MR) is 137 cm³/mol. The first-order chi connectivity index (χ1) is 16.8. The van der Waals surface area contributed by atoms with E-state index in [0.717, 1.165) is 28.3 Å². The van der Waals surface area contributed by atoms with E-state index in [4.69, 9.17) is 4.74 Å². The van der Waals surface area contributed by atoms with Gasteiger partial charge in [0, 0.05) is 28.2 Å². The molecule has 10 nitrogen and oxygen atoms in total. The zero-order chi connectivity index (χ0) is 24.7. The van der Waals surface area contributed by atoms with Gasteiger partial charge < -0.3 is 24.8 Å². The van der Waals surface area contributed by atoms with Crippen molar-refractivity contribution in [2.24, 2.45) is 9.98 Å². The van der Waals surface area contributed by atoms with Gasteiger partial charge in [0.2, 0.25) is 0 Å². The molecule has 1 atom stereocenters. The summed E-state index contributed by atoms with van der Waals surface area (Å²) >= 11 is 0. The zero-order valence-electron chi connectivity index (χ0n) is 20.4. The summed E-state index contributed by atoms with van der Waals surface area (Å²) in [6.07, 6.45) is 3.06. The third-order valence-electron chi connectivity index (χ3n) is 6.34. The van der Waals surface area contributed by atoms with Crippen LogP contribution in [0.1, 0.15) is 16.8 Å². The van der Waals surface area contributed by atoms with E-state index in [1.54, 1.807) is 18.3 Å². The van der Waals surface area contributed by atoms with E-state index in [2.05, 4.69) is 41.1 Å². The number of nitrogens with zero attached hydrogens (tertiary/aromatic N) is 6. The average Bonchev–Trinajstić information content (AvgIpc) is 3.39. The van der Waals surface area contributed by atoms with E-state index in [9.17, 15) is 4.79 Å². The van der Waals surface area contributed by atoms with Crippen molar-refractivity contribution in [3.05, 3.63) is 65.6 Å². The highest BCUT2D eigenvalue weighted by atomic mass is 16.5. The van der Waals surface area contributed by atoms with Crippen molar-refractivity contribution in [2.75, 3.05) is 45.1 Å². The predicted octanol–water partition coefficient (Wildman–Crippen LogP) is 3.09. The molecule has 2 N–H and O–H groups in total. The van der Waals surface area contributed by atoms with Crippen LogP contribution in [-0.2, 0) is 12.1 Å². The molecule has 3 aromatic rings. The fraction of sp³-hybridized carbons (Fsp3) is 0.280. The fourth-order valence-electron chi connectivity index (χ4n) is 4.61. The number of benzene rings is 2. The number of rotatable bonds is 6. The smallest absolute Gasteiger partial charge is 0.324 e. The molecule has 1 saturated heterocycles. The molecule has 0 saturated carbocycles. The molecule has 10 heteroatoms. The maximum atomic E-state index is 13.5. The molecule has 35 heavy (non-hydrogen) atoms. The summed E-state index contributed by atoms with van der Waals surface area (Å²) in [4.78, 5) is 36.1. The van der Waals surface area contributed by atoms with Gasteiger partial charge in [0.25, 0.3) is 0 Å². The van der Waals surface area contributed by atoms with Crippen LogP contribution in [0.2, 0.25) is 0 Å². The van der Waals surface area contributed by atoms with E-state index in [1.165, 1.54) is 6.34 Å². The molecule has 2 aromatic carbocycles. The fourth-order valence-corrected chi connectivity index (χ4v) is 4.61. The number of carbonyl (C=O) groups excluding carboxylic acids is 1. The Kier molecular flexibility index (Phi) is 5.43. The Balaban J connectivity index is 1.66. The number of H-pyrrole nitrogens is 1. The first-order valence-electron chi connectivity index (χ1n) is 11.2. The minimum absolute atomic E-state index is 0.257. The molecule has 1 aromatic heterocycles. The molecule has 180 valence electrons. The van der Waals surface area contributed by atoms with Crippen LogP contribution in [0, 0.1) is 0 Å². The van der Waals surface area contributed by atoms with Crippen LogP contribution in [0.15, 0.2) is 58.8 Å². The Hall–Kier alpha value is -4.34. The number of nitrogens with one attached hydrogen (secondary N) is 2. The summed E-state index contributed by atoms with van der Waals surface area (Å²) in [6, 6.07) is 13.5. The second-order valence-corrected chi connectivity index (χ2v) is 8.90. The minimum Gasteiger partial charge on any atom is -0.497 e. The van der Waals surface area contributed by atoms with Gasteiger partial charge in [-0.3, -0.25) is 4.90 Å². The number of aromatic amines is 1. The topological polar surface area (TPSA) is 101 Å². The van der Waals surface area contributed by atoms with Gasteiger partial charge in [-0.15, -0.1) is 0 Å². The molecule has 2 amide bonds. The molecule has 2 aliphatic heterocycles. The Morgan fingerprint density at radius 1 is 1.03 bits per heavy atom. The van der Waals surface area contributed by atoms with Gasteiger partial charge in [0.1, 0.15) is 17.8 Å². The normalized spacial score (nSPS) is 18.4. The third kappa shape index (κ3) is 3.58. The second kappa shape index (κ2) is 8.46. The largest absolute Gasteiger partial charge is 0.497 e. The van der Waals surface area contributed by atoms with E-state index >= 15 is 0 Å². The summed E-state index contributed by atoms with van der Waals surface area (Å²) in [6.45, 7) is 0.334. The third-order valence-corrected chi connectivity index (χ3v) is 6.34. The van der Waals surface area contributed by atoms with Gasteiger partial charge >= 0.3 is 6.03 Å². The number of aliphatic imine (C=N–C) groups is 2. The van der Waals surface area contributed by atoms with E-state index in [0.29, 0.717) is 23.9 Å². The monoisotopic (exact) mass is 472 g/mol. The Bertz CT molecular complexity index is 1330. The van der Waals surface area contributed by atoms with Crippen LogP contribution in [0.3, 0.4) is 0 Å². The lowest BCUT2D eigenvalue weighted by Crippen LogP contribution is -2.45. The van der Waals surface area contributed by atoms with Gasteiger partial charge in [0.15, 0.2) is 17.2 Å². The number of urea groups is 1. The van der Waals surface area contributed by atoms with Crippen LogP contribution >= 0.6 is 0 Å². The number of hydrogen-bond acceptors (Lipinski definition) is 7. The zero-order valence-corrected chi connectivity index (χ0v) is 20.4. The molecule has 5 rings (SSSR count). The highest BCUT2D eigenvalue weighted by molar-refractivity contribution is 6.15. The number of carbonyl (C=O) groups is 1. The molecule has 1 fully saturated rings. The van der Waals surface area contributed by atoms with Gasteiger partial charge in [-0.1, -0.05) is 18.2 Å². The van der Waals surface area contributed by atoms with Crippen molar-refractivity contribution in [1.29, 1.82) is 0 Å². The lowest BCUT2D eigenvalue weighted by atomic mass is 9.85. The van der Waals surface area contributed by atoms with Crippen molar-refractivity contribution in [2.45, 2.75) is 12.1 Å². The summed E-state index contributed by atoms with van der Waals surface area (Å²) in [5.41, 5.74) is 3.34. The number of amides is 2. The number of aromatic nitrogens is 2. The van der Waals surface area contributed by atoms with Crippen LogP contribution in [-0.4, -0.2) is 68.4 Å². The Morgan fingerprint density at radius 3 is 2.46 bits per heavy atom. The Labute approximate surface area is 204 Å². The van der Waals surface area contributed by atoms with Crippen LogP contribution in [0.25, 0.3) is 0 Å². The number of fused-ring (bicyclic) bond motifs is 3. The van der Waals surface area contributed by atoms with Crippen LogP contribution in [0.4, 0.5) is 22.0 Å². The Morgan fingerprint density at radius 2 is 1.77 bits per heavy atom. The van der Waals surface area contributed by atoms with Gasteiger partial charge in [-0.25, -0.2) is 19.8 Å². The molecule has 2 aliphatic rings. The number of anilines is 2. The highest BCUT2D eigenvalue weighted by Crippen LogP contribution is 2.43. The first kappa shape index (κ1) is 22.5. The average molecular weight is 473 g/mol. The van der Waals surface area contributed by atoms with E-state index < -0.39 is 5.54 Å². The summed E-state index contributed by atoms with van der Waals surface area (Å²) in [5.74, 6) is 1.83. The second-order valence-electron chi connectivity index (χ2n) is 8.90. The van der Waals surface area contributed by atoms with Crippen molar-refractivity contribution >= 4 is 35.4 Å². The molecule has 1 unspecified atom stereocenters. The molecule has 0 aliphatic carbocycles. The standard InChI is InChI=1S/C25H28N8O2/c1-31(2)19-11-8-17(12-20(19)32(3)4)25-21-22(27-14-26-21)28-15-29-23(25)33(24(34)30-25)13-16-6-9-18(35-5)10-7-16/h6-12,14-15H,13H2,1-5H3,(H,26,27)(H,30,34). The van der Waals surface area contributed by atoms with Crippen molar-refractivity contribution in [3.63, 3.8) is 0 Å². The van der Waals surface area contributed by atoms with Crippen molar-refractivity contribution in [3.8, 4) is 5.75 Å². The molecule has 3 heterocycles. The maximum absolute atomic E-state index is 13.5. The van der Waals surface area contributed by atoms with Gasteiger partial charge in [-0.2, -0.15) is 0 Å². The van der Waals surface area contributed by atoms with Crippen molar-refractivity contribution < 1.29 is 9.53 Å². The van der Waals surface area contributed by atoms with Crippen molar-refractivity contribution in [1.82, 2.24) is 20.2 Å². The van der Waals surface area contributed by atoms with Gasteiger partial charge in [0.05, 0.1) is 31.4 Å². The van der Waals surface area contributed by atoms with Crippen LogP contribution in [0.5, 0.6) is 5.75 Å². The summed E-state index contributed by atoms with van der Waals surface area (Å²) in [7, 11) is 9.64. The SMILES string of the molecule is COc1ccc(CN2C(=O)NC3(c4ccc(N(C)C)c(N(C)C)c4)C2=NC=Nc2[nH]cnc23)cc1. The number of amidine groups is 1. The van der Waals surface area contributed by atoms with Crippen LogP contribution < -0.4 is 19.9 Å². The number of methoxy groups -OCH3 is 1.